The average Bonchev–Trinajstić information content (AvgIpc) is 2.44. The molecule has 0 spiro atoms. The normalized spacial score (nSPS) is 18.1. The molecule has 1 heterocycles. The molecule has 1 rings (SSSR count). The van der Waals surface area contributed by atoms with Crippen molar-refractivity contribution in [2.75, 3.05) is 19.6 Å². The molecule has 1 atom stereocenters. The quantitative estimate of drug-likeness (QED) is 0.768. The van der Waals surface area contributed by atoms with Crippen molar-refractivity contribution >= 4 is 11.8 Å². The topological polar surface area (TPSA) is 61.4 Å². The zero-order valence-electron chi connectivity index (χ0n) is 13.2. The van der Waals surface area contributed by atoms with Gasteiger partial charge in [0, 0.05) is 31.1 Å². The molecule has 116 valence electrons. The first-order valence-electron chi connectivity index (χ1n) is 7.75. The van der Waals surface area contributed by atoms with Gasteiger partial charge in [-0.1, -0.05) is 20.8 Å². The van der Waals surface area contributed by atoms with Crippen LogP contribution in [0, 0.1) is 5.92 Å². The second-order valence-electron chi connectivity index (χ2n) is 6.01. The van der Waals surface area contributed by atoms with E-state index in [0.29, 0.717) is 12.6 Å². The van der Waals surface area contributed by atoms with Crippen molar-refractivity contribution in [3.63, 3.8) is 0 Å². The summed E-state index contributed by atoms with van der Waals surface area (Å²) in [5, 5.41) is 6.27. The van der Waals surface area contributed by atoms with Crippen molar-refractivity contribution in [1.82, 2.24) is 15.5 Å². The van der Waals surface area contributed by atoms with E-state index in [1.54, 1.807) is 0 Å². The molecule has 20 heavy (non-hydrogen) atoms. The lowest BCUT2D eigenvalue weighted by Gasteiger charge is -2.33. The Morgan fingerprint density at radius 1 is 1.20 bits per heavy atom. The van der Waals surface area contributed by atoms with E-state index < -0.39 is 0 Å². The number of hydrogen-bond donors (Lipinski definition) is 2. The summed E-state index contributed by atoms with van der Waals surface area (Å²) in [7, 11) is 0. The minimum atomic E-state index is 0.0226. The summed E-state index contributed by atoms with van der Waals surface area (Å²) in [6.45, 7) is 9.88. The minimum absolute atomic E-state index is 0.0226. The molecule has 1 fully saturated rings. The molecule has 1 aliphatic heterocycles. The van der Waals surface area contributed by atoms with Gasteiger partial charge < -0.3 is 15.5 Å². The van der Waals surface area contributed by atoms with Gasteiger partial charge in [-0.2, -0.15) is 0 Å². The number of likely N-dealkylation sites (tertiary alicyclic amines) is 1. The average molecular weight is 283 g/mol. The van der Waals surface area contributed by atoms with Crippen LogP contribution in [0.15, 0.2) is 0 Å². The smallest absolute Gasteiger partial charge is 0.236 e. The van der Waals surface area contributed by atoms with Crippen LogP contribution in [0.4, 0.5) is 0 Å². The lowest BCUT2D eigenvalue weighted by Crippen LogP contribution is -2.49. The van der Waals surface area contributed by atoms with Crippen molar-refractivity contribution in [3.05, 3.63) is 0 Å². The predicted octanol–water partition coefficient (Wildman–Crippen LogP) is 1.14. The molecule has 2 N–H and O–H groups in total. The van der Waals surface area contributed by atoms with Crippen LogP contribution < -0.4 is 10.6 Å². The standard InChI is InChI=1S/C15H29N3O2/c1-5-12(4)16-10-14(19)18-8-6-13(7-9-18)17-15(20)11(2)3/h11-13,16H,5-10H2,1-4H3,(H,17,20). The van der Waals surface area contributed by atoms with E-state index >= 15 is 0 Å². The molecule has 0 radical (unpaired) electrons. The van der Waals surface area contributed by atoms with Crippen LogP contribution >= 0.6 is 0 Å². The zero-order chi connectivity index (χ0) is 15.1. The molecule has 5 heteroatoms. The van der Waals surface area contributed by atoms with E-state index in [1.165, 1.54) is 0 Å². The summed E-state index contributed by atoms with van der Waals surface area (Å²) in [5.41, 5.74) is 0. The number of amides is 2. The highest BCUT2D eigenvalue weighted by Crippen LogP contribution is 2.11. The molecule has 1 saturated heterocycles. The summed E-state index contributed by atoms with van der Waals surface area (Å²) in [4.78, 5) is 25.6. The minimum Gasteiger partial charge on any atom is -0.353 e. The van der Waals surface area contributed by atoms with Gasteiger partial charge in [-0.15, -0.1) is 0 Å². The number of carbonyl (C=O) groups is 2. The molecule has 0 aromatic rings. The van der Waals surface area contributed by atoms with E-state index in [-0.39, 0.29) is 23.8 Å². The lowest BCUT2D eigenvalue weighted by atomic mass is 10.0. The van der Waals surface area contributed by atoms with Crippen LogP contribution in [0.3, 0.4) is 0 Å². The molecule has 5 nitrogen and oxygen atoms in total. The first kappa shape index (κ1) is 17.0. The van der Waals surface area contributed by atoms with E-state index in [4.69, 9.17) is 0 Å². The van der Waals surface area contributed by atoms with E-state index in [9.17, 15) is 9.59 Å². The maximum absolute atomic E-state index is 12.0. The molecule has 2 amide bonds. The molecule has 0 bridgehead atoms. The van der Waals surface area contributed by atoms with Crippen molar-refractivity contribution in [2.45, 2.75) is 59.0 Å². The fourth-order valence-corrected chi connectivity index (χ4v) is 2.16. The molecular formula is C15H29N3O2. The van der Waals surface area contributed by atoms with Gasteiger partial charge in [-0.25, -0.2) is 0 Å². The third-order valence-electron chi connectivity index (χ3n) is 3.93. The van der Waals surface area contributed by atoms with Crippen molar-refractivity contribution < 1.29 is 9.59 Å². The van der Waals surface area contributed by atoms with Gasteiger partial charge in [0.05, 0.1) is 6.54 Å². The van der Waals surface area contributed by atoms with Crippen LogP contribution in [0.5, 0.6) is 0 Å². The summed E-state index contributed by atoms with van der Waals surface area (Å²) >= 11 is 0. The van der Waals surface area contributed by atoms with Gasteiger partial charge >= 0.3 is 0 Å². The zero-order valence-corrected chi connectivity index (χ0v) is 13.2. The predicted molar refractivity (Wildman–Crippen MR) is 80.3 cm³/mol. The maximum atomic E-state index is 12.0. The fourth-order valence-electron chi connectivity index (χ4n) is 2.16. The summed E-state index contributed by atoms with van der Waals surface area (Å²) in [6.07, 6.45) is 2.73. The van der Waals surface area contributed by atoms with Gasteiger partial charge in [0.25, 0.3) is 0 Å². The van der Waals surface area contributed by atoms with Gasteiger partial charge in [0.15, 0.2) is 0 Å². The Morgan fingerprint density at radius 2 is 1.80 bits per heavy atom. The number of nitrogens with zero attached hydrogens (tertiary/aromatic N) is 1. The van der Waals surface area contributed by atoms with E-state index in [1.807, 2.05) is 18.7 Å². The molecule has 0 aliphatic carbocycles. The summed E-state index contributed by atoms with van der Waals surface area (Å²) in [6, 6.07) is 0.596. The van der Waals surface area contributed by atoms with E-state index in [0.717, 1.165) is 32.4 Å². The van der Waals surface area contributed by atoms with Gasteiger partial charge in [-0.05, 0) is 26.2 Å². The number of carbonyl (C=O) groups excluding carboxylic acids is 2. The Bertz CT molecular complexity index is 323. The van der Waals surface area contributed by atoms with Crippen LogP contribution in [0.2, 0.25) is 0 Å². The Balaban J connectivity index is 2.27. The van der Waals surface area contributed by atoms with Crippen molar-refractivity contribution in [2.24, 2.45) is 5.92 Å². The van der Waals surface area contributed by atoms with Crippen molar-refractivity contribution in [3.8, 4) is 0 Å². The van der Waals surface area contributed by atoms with Gasteiger partial charge in [0.1, 0.15) is 0 Å². The molecular weight excluding hydrogens is 254 g/mol. The fraction of sp³-hybridized carbons (Fsp3) is 0.867. The SMILES string of the molecule is CCC(C)NCC(=O)N1CCC(NC(=O)C(C)C)CC1. The van der Waals surface area contributed by atoms with Crippen LogP contribution in [-0.2, 0) is 9.59 Å². The highest BCUT2D eigenvalue weighted by atomic mass is 16.2. The second kappa shape index (κ2) is 8.25. The molecule has 0 aromatic heterocycles. The van der Waals surface area contributed by atoms with Crippen molar-refractivity contribution in [1.29, 1.82) is 0 Å². The van der Waals surface area contributed by atoms with Crippen LogP contribution in [-0.4, -0.2) is 48.4 Å². The largest absolute Gasteiger partial charge is 0.353 e. The number of rotatable bonds is 6. The monoisotopic (exact) mass is 283 g/mol. The Hall–Kier alpha value is -1.10. The highest BCUT2D eigenvalue weighted by molar-refractivity contribution is 5.79. The Kier molecular flexibility index (Phi) is 6.99. The number of hydrogen-bond acceptors (Lipinski definition) is 3. The maximum Gasteiger partial charge on any atom is 0.236 e. The summed E-state index contributed by atoms with van der Waals surface area (Å²) in [5.74, 6) is 0.293. The first-order chi connectivity index (χ1) is 9.43. The van der Waals surface area contributed by atoms with Crippen LogP contribution in [0.25, 0.3) is 0 Å². The summed E-state index contributed by atoms with van der Waals surface area (Å²) < 4.78 is 0. The number of nitrogens with one attached hydrogen (secondary N) is 2. The van der Waals surface area contributed by atoms with Gasteiger partial charge in [0.2, 0.25) is 11.8 Å². The molecule has 1 unspecified atom stereocenters. The second-order valence-corrected chi connectivity index (χ2v) is 6.01. The third kappa shape index (κ3) is 5.49. The third-order valence-corrected chi connectivity index (χ3v) is 3.93. The lowest BCUT2D eigenvalue weighted by molar-refractivity contribution is -0.131. The molecule has 0 saturated carbocycles. The number of piperidine rings is 1. The Labute approximate surface area is 122 Å². The Morgan fingerprint density at radius 3 is 2.30 bits per heavy atom. The highest BCUT2D eigenvalue weighted by Gasteiger charge is 2.24. The van der Waals surface area contributed by atoms with Gasteiger partial charge in [-0.3, -0.25) is 9.59 Å². The molecule has 0 aromatic carbocycles. The first-order valence-corrected chi connectivity index (χ1v) is 7.75. The van der Waals surface area contributed by atoms with Crippen LogP contribution in [0.1, 0.15) is 47.0 Å². The van der Waals surface area contributed by atoms with E-state index in [2.05, 4.69) is 24.5 Å². The molecule has 1 aliphatic rings.